The molecule has 7 nitrogen and oxygen atoms in total. The molecule has 0 aromatic heterocycles. The van der Waals surface area contributed by atoms with Gasteiger partial charge in [-0.05, 0) is 70.3 Å². The highest BCUT2D eigenvalue weighted by atomic mass is 127. The predicted molar refractivity (Wildman–Crippen MR) is 112 cm³/mol. The molecular formula is C19H13IN2O5S. The van der Waals surface area contributed by atoms with Crippen molar-refractivity contribution < 1.29 is 23.9 Å². The smallest absolute Gasteiger partial charge is 0.344 e. The summed E-state index contributed by atoms with van der Waals surface area (Å²) in [5, 5.41) is -0.543. The van der Waals surface area contributed by atoms with Crippen LogP contribution in [0.1, 0.15) is 15.9 Å². The van der Waals surface area contributed by atoms with Gasteiger partial charge in [-0.15, -0.1) is 0 Å². The first-order valence-corrected chi connectivity index (χ1v) is 9.85. The summed E-state index contributed by atoms with van der Waals surface area (Å²) in [4.78, 5) is 48.2. The molecular weight excluding hydrogens is 495 g/mol. The molecule has 2 aromatic carbocycles. The quantitative estimate of drug-likeness (QED) is 0.288. The zero-order chi connectivity index (χ0) is 20.3. The number of hydrogen-bond donors (Lipinski definition) is 1. The van der Waals surface area contributed by atoms with Crippen molar-refractivity contribution in [3.63, 3.8) is 0 Å². The molecule has 1 aliphatic rings. The molecule has 1 heterocycles. The monoisotopic (exact) mass is 508 g/mol. The molecule has 0 aliphatic carbocycles. The zero-order valence-electron chi connectivity index (χ0n) is 14.3. The summed E-state index contributed by atoms with van der Waals surface area (Å²) in [5.41, 5.74) is 6.15. The topological polar surface area (TPSA) is 107 Å². The largest absolute Gasteiger partial charge is 0.423 e. The van der Waals surface area contributed by atoms with E-state index < -0.39 is 29.6 Å². The number of rotatable bonds is 5. The van der Waals surface area contributed by atoms with Crippen molar-refractivity contribution >= 4 is 63.5 Å². The lowest BCUT2D eigenvalue weighted by Crippen LogP contribution is -2.36. The van der Waals surface area contributed by atoms with Gasteiger partial charge in [0.1, 0.15) is 12.3 Å². The molecule has 0 bridgehead atoms. The fraction of sp³-hybridized carbons (Fsp3) is 0.0526. The Morgan fingerprint density at radius 1 is 1.11 bits per heavy atom. The maximum Gasteiger partial charge on any atom is 0.344 e. The average molecular weight is 508 g/mol. The van der Waals surface area contributed by atoms with Crippen LogP contribution in [0, 0.1) is 3.57 Å². The van der Waals surface area contributed by atoms with Crippen LogP contribution in [0.3, 0.4) is 0 Å². The van der Waals surface area contributed by atoms with Gasteiger partial charge >= 0.3 is 5.97 Å². The summed E-state index contributed by atoms with van der Waals surface area (Å²) in [6.07, 6.45) is 1.53. The van der Waals surface area contributed by atoms with Gasteiger partial charge in [-0.3, -0.25) is 19.3 Å². The maximum absolute atomic E-state index is 12.2. The van der Waals surface area contributed by atoms with Crippen LogP contribution in [0.4, 0.5) is 4.79 Å². The number of imide groups is 1. The first kappa shape index (κ1) is 20.1. The Morgan fingerprint density at radius 2 is 1.79 bits per heavy atom. The van der Waals surface area contributed by atoms with E-state index in [4.69, 9.17) is 10.5 Å². The minimum Gasteiger partial charge on any atom is -0.423 e. The molecule has 2 aromatic rings. The van der Waals surface area contributed by atoms with E-state index in [1.54, 1.807) is 36.4 Å². The fourth-order valence-corrected chi connectivity index (χ4v) is 3.81. The Bertz CT molecular complexity index is 1000. The number of hydrogen-bond acceptors (Lipinski definition) is 6. The van der Waals surface area contributed by atoms with Gasteiger partial charge in [0.25, 0.3) is 11.1 Å². The highest BCUT2D eigenvalue weighted by molar-refractivity contribution is 14.1. The van der Waals surface area contributed by atoms with E-state index in [0.717, 1.165) is 20.2 Å². The van der Waals surface area contributed by atoms with Crippen LogP contribution in [-0.2, 0) is 9.59 Å². The number of benzene rings is 2. The van der Waals surface area contributed by atoms with Crippen LogP contribution in [0.2, 0.25) is 0 Å². The third-order valence-electron chi connectivity index (χ3n) is 3.67. The predicted octanol–water partition coefficient (Wildman–Crippen LogP) is 3.03. The number of thioether (sulfide) groups is 1. The average Bonchev–Trinajstić information content (AvgIpc) is 2.90. The van der Waals surface area contributed by atoms with Gasteiger partial charge in [0.05, 0.1) is 10.5 Å². The second kappa shape index (κ2) is 8.57. The third kappa shape index (κ3) is 4.60. The van der Waals surface area contributed by atoms with Crippen molar-refractivity contribution in [1.29, 1.82) is 0 Å². The first-order valence-electron chi connectivity index (χ1n) is 7.95. The number of primary amides is 1. The van der Waals surface area contributed by atoms with Crippen LogP contribution in [0.5, 0.6) is 5.75 Å². The van der Waals surface area contributed by atoms with Crippen LogP contribution in [-0.4, -0.2) is 34.5 Å². The molecule has 0 spiro atoms. The summed E-state index contributed by atoms with van der Waals surface area (Å²) in [6, 6.07) is 13.6. The SMILES string of the molecule is NC(=O)CN1C(=O)S/C(=C\c2ccc(OC(=O)c3ccccc3I)cc2)C1=O. The van der Waals surface area contributed by atoms with Gasteiger partial charge < -0.3 is 10.5 Å². The normalized spacial score (nSPS) is 15.2. The van der Waals surface area contributed by atoms with E-state index >= 15 is 0 Å². The number of amides is 3. The minimum absolute atomic E-state index is 0.190. The van der Waals surface area contributed by atoms with E-state index in [2.05, 4.69) is 22.6 Å². The summed E-state index contributed by atoms with van der Waals surface area (Å²) in [6.45, 7) is -0.449. The summed E-state index contributed by atoms with van der Waals surface area (Å²) >= 11 is 2.80. The van der Waals surface area contributed by atoms with Crippen molar-refractivity contribution in [3.05, 3.63) is 68.1 Å². The Labute approximate surface area is 178 Å². The third-order valence-corrected chi connectivity index (χ3v) is 5.52. The molecule has 28 heavy (non-hydrogen) atoms. The van der Waals surface area contributed by atoms with Gasteiger partial charge in [0.2, 0.25) is 5.91 Å². The summed E-state index contributed by atoms with van der Waals surface area (Å²) in [7, 11) is 0. The van der Waals surface area contributed by atoms with Gasteiger partial charge in [-0.25, -0.2) is 4.79 Å². The number of esters is 1. The Hall–Kier alpha value is -2.66. The Balaban J connectivity index is 1.71. The standard InChI is InChI=1S/C19H13IN2O5S/c20-14-4-2-1-3-13(14)18(25)27-12-7-5-11(6-8-12)9-15-17(24)22(10-16(21)23)19(26)28-15/h1-9H,10H2,(H2,21,23)/b15-9-. The fourth-order valence-electron chi connectivity index (χ4n) is 2.36. The van der Waals surface area contributed by atoms with Crippen molar-refractivity contribution in [3.8, 4) is 5.75 Å². The zero-order valence-corrected chi connectivity index (χ0v) is 17.2. The molecule has 3 amide bonds. The highest BCUT2D eigenvalue weighted by Crippen LogP contribution is 2.32. The van der Waals surface area contributed by atoms with Crippen molar-refractivity contribution in [2.75, 3.05) is 6.54 Å². The number of carbonyl (C=O) groups is 4. The summed E-state index contributed by atoms with van der Waals surface area (Å²) in [5.74, 6) is -1.44. The lowest BCUT2D eigenvalue weighted by Gasteiger charge is -2.08. The number of ether oxygens (including phenoxy) is 1. The van der Waals surface area contributed by atoms with Crippen LogP contribution < -0.4 is 10.5 Å². The van der Waals surface area contributed by atoms with Gasteiger partial charge in [0.15, 0.2) is 0 Å². The van der Waals surface area contributed by atoms with Crippen LogP contribution in [0.25, 0.3) is 6.08 Å². The molecule has 2 N–H and O–H groups in total. The second-order valence-electron chi connectivity index (χ2n) is 5.67. The molecule has 1 fully saturated rings. The van der Waals surface area contributed by atoms with E-state index in [1.165, 1.54) is 6.08 Å². The lowest BCUT2D eigenvalue weighted by atomic mass is 10.2. The van der Waals surface area contributed by atoms with E-state index in [9.17, 15) is 19.2 Å². The Kier molecular flexibility index (Phi) is 6.15. The number of nitrogens with two attached hydrogens (primary N) is 1. The van der Waals surface area contributed by atoms with Crippen molar-refractivity contribution in [2.45, 2.75) is 0 Å². The van der Waals surface area contributed by atoms with E-state index in [1.807, 2.05) is 12.1 Å². The molecule has 1 aliphatic heterocycles. The number of halogens is 1. The molecule has 0 unspecified atom stereocenters. The molecule has 0 saturated carbocycles. The second-order valence-corrected chi connectivity index (χ2v) is 7.83. The molecule has 0 atom stereocenters. The summed E-state index contributed by atoms with van der Waals surface area (Å²) < 4.78 is 6.14. The minimum atomic E-state index is -0.761. The maximum atomic E-state index is 12.2. The molecule has 9 heteroatoms. The first-order chi connectivity index (χ1) is 13.3. The van der Waals surface area contributed by atoms with E-state index in [-0.39, 0.29) is 4.91 Å². The Morgan fingerprint density at radius 3 is 2.43 bits per heavy atom. The van der Waals surface area contributed by atoms with Crippen LogP contribution in [0.15, 0.2) is 53.4 Å². The van der Waals surface area contributed by atoms with Crippen molar-refractivity contribution in [2.24, 2.45) is 5.73 Å². The lowest BCUT2D eigenvalue weighted by molar-refractivity contribution is -0.127. The number of carbonyl (C=O) groups excluding carboxylic acids is 4. The molecule has 1 saturated heterocycles. The van der Waals surface area contributed by atoms with Gasteiger partial charge in [-0.1, -0.05) is 24.3 Å². The molecule has 0 radical (unpaired) electrons. The van der Waals surface area contributed by atoms with Gasteiger partial charge in [0, 0.05) is 3.57 Å². The van der Waals surface area contributed by atoms with Gasteiger partial charge in [-0.2, -0.15) is 0 Å². The van der Waals surface area contributed by atoms with Crippen LogP contribution >= 0.6 is 34.4 Å². The molecule has 142 valence electrons. The van der Waals surface area contributed by atoms with E-state index in [0.29, 0.717) is 16.9 Å². The molecule has 3 rings (SSSR count). The van der Waals surface area contributed by atoms with Crippen molar-refractivity contribution in [1.82, 2.24) is 4.90 Å². The highest BCUT2D eigenvalue weighted by Gasteiger charge is 2.35. The number of nitrogens with zero attached hydrogens (tertiary/aromatic N) is 1.